The molecule has 59 heavy (non-hydrogen) atoms. The number of carbonyl (C=O) groups is 4. The molecular formula is C45H44N10O4. The van der Waals surface area contributed by atoms with Gasteiger partial charge in [0.15, 0.2) is 0 Å². The number of likely N-dealkylation sites (tertiary alicyclic amines) is 1. The molecule has 2 aliphatic heterocycles. The first-order chi connectivity index (χ1) is 28.8. The molecule has 298 valence electrons. The summed E-state index contributed by atoms with van der Waals surface area (Å²) in [6.45, 7) is 2.81. The molecule has 14 nitrogen and oxygen atoms in total. The van der Waals surface area contributed by atoms with Crippen LogP contribution in [0.5, 0.6) is 0 Å². The Morgan fingerprint density at radius 1 is 0.576 bits per heavy atom. The van der Waals surface area contributed by atoms with E-state index in [1.165, 1.54) is 0 Å². The van der Waals surface area contributed by atoms with Gasteiger partial charge in [0.2, 0.25) is 23.6 Å². The molecular weight excluding hydrogens is 745 g/mol. The molecule has 0 radical (unpaired) electrons. The predicted molar refractivity (Wildman–Crippen MR) is 228 cm³/mol. The molecule has 1 unspecified atom stereocenters. The number of piperidine rings is 1. The van der Waals surface area contributed by atoms with E-state index in [0.717, 1.165) is 45.3 Å². The number of aromatic nitrogens is 4. The Labute approximate surface area is 341 Å². The van der Waals surface area contributed by atoms with E-state index >= 15 is 0 Å². The second-order valence-corrected chi connectivity index (χ2v) is 14.1. The Balaban J connectivity index is 0.000000180. The van der Waals surface area contributed by atoms with Crippen LogP contribution in [0, 0.1) is 5.92 Å². The van der Waals surface area contributed by atoms with E-state index < -0.39 is 6.04 Å². The van der Waals surface area contributed by atoms with Gasteiger partial charge in [0.05, 0.1) is 0 Å². The van der Waals surface area contributed by atoms with Gasteiger partial charge >= 0.3 is 0 Å². The average Bonchev–Trinajstić information content (AvgIpc) is 3.71. The Kier molecular flexibility index (Phi) is 12.9. The van der Waals surface area contributed by atoms with Crippen molar-refractivity contribution in [2.45, 2.75) is 38.6 Å². The fraction of sp³-hybridized carbons (Fsp3) is 0.200. The van der Waals surface area contributed by atoms with Crippen molar-refractivity contribution in [1.29, 1.82) is 0 Å². The lowest BCUT2D eigenvalue weighted by Gasteiger charge is -2.30. The third-order valence-corrected chi connectivity index (χ3v) is 9.92. The molecule has 0 spiro atoms. The van der Waals surface area contributed by atoms with Gasteiger partial charge in [-0.2, -0.15) is 0 Å². The number of pyridine rings is 4. The van der Waals surface area contributed by atoms with Crippen LogP contribution in [0.25, 0.3) is 22.3 Å². The number of hydrogen-bond donors (Lipinski definition) is 5. The van der Waals surface area contributed by atoms with E-state index in [0.29, 0.717) is 50.4 Å². The summed E-state index contributed by atoms with van der Waals surface area (Å²) in [7, 11) is 0. The molecule has 2 aliphatic rings. The van der Waals surface area contributed by atoms with Crippen molar-refractivity contribution in [3.63, 3.8) is 0 Å². The number of hydrogen-bond acceptors (Lipinski definition) is 10. The van der Waals surface area contributed by atoms with Crippen molar-refractivity contribution in [3.05, 3.63) is 134 Å². The number of rotatable bonds is 10. The largest absolute Gasteiger partial charge is 0.344 e. The number of anilines is 6. The van der Waals surface area contributed by atoms with E-state index in [2.05, 4.69) is 46.5 Å². The first-order valence-electron chi connectivity index (χ1n) is 19.4. The van der Waals surface area contributed by atoms with Gasteiger partial charge in [-0.1, -0.05) is 36.4 Å². The molecule has 2 saturated heterocycles. The minimum atomic E-state index is -0.499. The summed E-state index contributed by atoms with van der Waals surface area (Å²) in [5.74, 6) is 1.98. The minimum absolute atomic E-state index is 0.0472. The molecule has 4 amide bonds. The number of amides is 4. The SMILES string of the molecule is CC(=O)N1CCC(C(=O)Nc2cc(-c3ccnc(Nc4ccccc4)c3)ccn2)CC1.O=C1CCC(C(=O)Nc2cc(-c3ccnc(Nc4ccccc4)c3)ccn2)N1. The molecule has 2 aromatic carbocycles. The van der Waals surface area contributed by atoms with Gasteiger partial charge in [-0.05, 0) is 114 Å². The number of nitrogens with zero attached hydrogens (tertiary/aromatic N) is 5. The first-order valence-corrected chi connectivity index (χ1v) is 19.4. The number of para-hydroxylation sites is 2. The van der Waals surface area contributed by atoms with Gasteiger partial charge in [-0.25, -0.2) is 19.9 Å². The van der Waals surface area contributed by atoms with E-state index in [1.807, 2.05) is 103 Å². The van der Waals surface area contributed by atoms with Crippen LogP contribution in [-0.2, 0) is 19.2 Å². The van der Waals surface area contributed by atoms with Crippen LogP contribution in [0.1, 0.15) is 32.6 Å². The average molecular weight is 789 g/mol. The Morgan fingerprint density at radius 3 is 1.42 bits per heavy atom. The molecule has 0 saturated carbocycles. The van der Waals surface area contributed by atoms with Crippen LogP contribution < -0.4 is 26.6 Å². The summed E-state index contributed by atoms with van der Waals surface area (Å²) in [6.07, 6.45) is 9.03. The highest BCUT2D eigenvalue weighted by Crippen LogP contribution is 2.27. The van der Waals surface area contributed by atoms with E-state index in [-0.39, 0.29) is 29.5 Å². The van der Waals surface area contributed by atoms with Gasteiger partial charge in [0, 0.05) is 68.5 Å². The molecule has 0 aliphatic carbocycles. The molecule has 6 aromatic rings. The van der Waals surface area contributed by atoms with Crippen molar-refractivity contribution < 1.29 is 19.2 Å². The topological polar surface area (TPSA) is 183 Å². The van der Waals surface area contributed by atoms with Gasteiger partial charge in [-0.3, -0.25) is 19.2 Å². The van der Waals surface area contributed by atoms with Crippen LogP contribution >= 0.6 is 0 Å². The third kappa shape index (κ3) is 11.1. The van der Waals surface area contributed by atoms with Gasteiger partial charge in [0.1, 0.15) is 29.3 Å². The van der Waals surface area contributed by atoms with Crippen LogP contribution in [0.3, 0.4) is 0 Å². The number of benzene rings is 2. The zero-order chi connectivity index (χ0) is 41.0. The lowest BCUT2D eigenvalue weighted by Crippen LogP contribution is -2.40. The molecule has 2 fully saturated rings. The second-order valence-electron chi connectivity index (χ2n) is 14.1. The maximum atomic E-state index is 12.7. The third-order valence-electron chi connectivity index (χ3n) is 9.92. The lowest BCUT2D eigenvalue weighted by molar-refractivity contribution is -0.132. The van der Waals surface area contributed by atoms with E-state index in [4.69, 9.17) is 0 Å². The normalized spacial score (nSPS) is 14.9. The van der Waals surface area contributed by atoms with Crippen molar-refractivity contribution in [2.75, 3.05) is 34.4 Å². The van der Waals surface area contributed by atoms with Crippen molar-refractivity contribution in [1.82, 2.24) is 30.2 Å². The van der Waals surface area contributed by atoms with Gasteiger partial charge in [0.25, 0.3) is 0 Å². The number of carbonyl (C=O) groups excluding carboxylic acids is 4. The van der Waals surface area contributed by atoms with Gasteiger partial charge in [-0.15, -0.1) is 0 Å². The summed E-state index contributed by atoms with van der Waals surface area (Å²) in [5, 5.41) is 14.9. The summed E-state index contributed by atoms with van der Waals surface area (Å²) in [4.78, 5) is 66.8. The smallest absolute Gasteiger partial charge is 0.248 e. The molecule has 8 rings (SSSR count). The highest BCUT2D eigenvalue weighted by molar-refractivity contribution is 5.98. The Bertz CT molecular complexity index is 2410. The quantitative estimate of drug-likeness (QED) is 0.0953. The van der Waals surface area contributed by atoms with Crippen molar-refractivity contribution in [3.8, 4) is 22.3 Å². The number of nitrogens with one attached hydrogen (secondary N) is 5. The summed E-state index contributed by atoms with van der Waals surface area (Å²) in [6, 6.07) is 34.3. The lowest BCUT2D eigenvalue weighted by atomic mass is 9.96. The highest BCUT2D eigenvalue weighted by Gasteiger charge is 2.28. The van der Waals surface area contributed by atoms with E-state index in [9.17, 15) is 19.2 Å². The second kappa shape index (κ2) is 19.1. The monoisotopic (exact) mass is 788 g/mol. The van der Waals surface area contributed by atoms with Crippen LogP contribution in [-0.4, -0.2) is 67.6 Å². The molecule has 4 aromatic heterocycles. The van der Waals surface area contributed by atoms with Crippen molar-refractivity contribution >= 4 is 58.3 Å². The minimum Gasteiger partial charge on any atom is -0.344 e. The fourth-order valence-electron chi connectivity index (χ4n) is 6.76. The van der Waals surface area contributed by atoms with Crippen molar-refractivity contribution in [2.24, 2.45) is 5.92 Å². The predicted octanol–water partition coefficient (Wildman–Crippen LogP) is 7.19. The fourth-order valence-corrected chi connectivity index (χ4v) is 6.76. The summed E-state index contributed by atoms with van der Waals surface area (Å²) in [5.41, 5.74) is 5.68. The van der Waals surface area contributed by atoms with Crippen LogP contribution in [0.2, 0.25) is 0 Å². The van der Waals surface area contributed by atoms with Crippen LogP contribution in [0.4, 0.5) is 34.6 Å². The first kappa shape index (κ1) is 39.7. The summed E-state index contributed by atoms with van der Waals surface area (Å²) < 4.78 is 0. The molecule has 14 heteroatoms. The molecule has 1 atom stereocenters. The van der Waals surface area contributed by atoms with E-state index in [1.54, 1.807) is 42.7 Å². The molecule has 5 N–H and O–H groups in total. The van der Waals surface area contributed by atoms with Gasteiger partial charge < -0.3 is 31.5 Å². The Morgan fingerprint density at radius 2 is 1.00 bits per heavy atom. The molecule has 6 heterocycles. The zero-order valence-electron chi connectivity index (χ0n) is 32.5. The zero-order valence-corrected chi connectivity index (χ0v) is 32.5. The maximum absolute atomic E-state index is 12.7. The maximum Gasteiger partial charge on any atom is 0.248 e. The Hall–Kier alpha value is -7.48. The van der Waals surface area contributed by atoms with Crippen LogP contribution in [0.15, 0.2) is 134 Å². The summed E-state index contributed by atoms with van der Waals surface area (Å²) >= 11 is 0. The highest BCUT2D eigenvalue weighted by atomic mass is 16.2. The molecule has 0 bridgehead atoms. The standard InChI is InChI=1S/C24H25N5O2.C21H19N5O2/c1-17(30)29-13-9-18(10-14-29)24(31)28-23-16-20(8-12-26-23)19-7-11-25-22(15-19)27-21-5-3-2-4-6-21;27-20-7-6-17(25-20)21(28)26-19-13-15(9-11-23-19)14-8-10-22-18(12-14)24-16-4-2-1-3-5-16/h2-8,11-12,15-16,18H,9-10,13-14H2,1H3,(H,25,27)(H,26,28,31);1-5,8-13,17H,6-7H2,(H,22,24)(H,25,27)(H,23,26,28).